The Labute approximate surface area is 105 Å². The van der Waals surface area contributed by atoms with Crippen LogP contribution in [0.5, 0.6) is 5.75 Å². The molecule has 0 unspecified atom stereocenters. The van der Waals surface area contributed by atoms with Crippen molar-refractivity contribution in [2.75, 3.05) is 0 Å². The lowest BCUT2D eigenvalue weighted by Crippen LogP contribution is -2.29. The molecule has 2 aromatic carbocycles. The van der Waals surface area contributed by atoms with Gasteiger partial charge >= 0.3 is 0 Å². The second kappa shape index (κ2) is 5.84. The maximum atomic E-state index is 11.3. The van der Waals surface area contributed by atoms with Crippen LogP contribution in [-0.4, -0.2) is 5.91 Å². The molecule has 4 nitrogen and oxygen atoms in total. The second-order valence-electron chi connectivity index (χ2n) is 3.78. The standard InChI is InChI=1S/C14H14N2O2/c15-16-14(17)12-7-4-8-13(9-12)18-10-11-5-2-1-3-6-11/h1-9H,10,15H2,(H,16,17). The van der Waals surface area contributed by atoms with E-state index in [1.807, 2.05) is 30.3 Å². The van der Waals surface area contributed by atoms with E-state index < -0.39 is 0 Å². The molecular formula is C14H14N2O2. The number of nitrogens with one attached hydrogen (secondary N) is 1. The first kappa shape index (κ1) is 12.1. The van der Waals surface area contributed by atoms with Crippen LogP contribution >= 0.6 is 0 Å². The van der Waals surface area contributed by atoms with Crippen molar-refractivity contribution >= 4 is 5.91 Å². The molecule has 0 spiro atoms. The number of hydrogen-bond acceptors (Lipinski definition) is 3. The number of hydrogen-bond donors (Lipinski definition) is 2. The fourth-order valence-corrected chi connectivity index (χ4v) is 1.55. The Morgan fingerprint density at radius 3 is 2.61 bits per heavy atom. The van der Waals surface area contributed by atoms with E-state index >= 15 is 0 Å². The lowest BCUT2D eigenvalue weighted by atomic mass is 10.2. The summed E-state index contributed by atoms with van der Waals surface area (Å²) < 4.78 is 5.61. The molecule has 3 N–H and O–H groups in total. The molecule has 0 bridgehead atoms. The van der Waals surface area contributed by atoms with Crippen LogP contribution in [0.15, 0.2) is 54.6 Å². The van der Waals surface area contributed by atoms with Gasteiger partial charge in [0.1, 0.15) is 12.4 Å². The molecule has 0 heterocycles. The molecule has 92 valence electrons. The Kier molecular flexibility index (Phi) is 3.94. The van der Waals surface area contributed by atoms with Gasteiger partial charge in [-0.1, -0.05) is 36.4 Å². The van der Waals surface area contributed by atoms with Crippen molar-refractivity contribution in [2.45, 2.75) is 6.61 Å². The molecule has 0 aliphatic rings. The maximum absolute atomic E-state index is 11.3. The molecular weight excluding hydrogens is 228 g/mol. The smallest absolute Gasteiger partial charge is 0.265 e. The van der Waals surface area contributed by atoms with E-state index in [1.54, 1.807) is 24.3 Å². The number of nitrogens with two attached hydrogens (primary N) is 1. The van der Waals surface area contributed by atoms with Crippen LogP contribution in [0.3, 0.4) is 0 Å². The molecule has 2 aromatic rings. The number of benzene rings is 2. The molecule has 0 aliphatic carbocycles. The molecule has 0 aromatic heterocycles. The number of hydrazine groups is 1. The monoisotopic (exact) mass is 242 g/mol. The van der Waals surface area contributed by atoms with Gasteiger partial charge in [-0.3, -0.25) is 10.2 Å². The van der Waals surface area contributed by atoms with Crippen LogP contribution in [0.1, 0.15) is 15.9 Å². The molecule has 4 heteroatoms. The van der Waals surface area contributed by atoms with E-state index in [0.29, 0.717) is 17.9 Å². The van der Waals surface area contributed by atoms with Crippen molar-refractivity contribution in [1.82, 2.24) is 5.43 Å². The predicted octanol–water partition coefficient (Wildman–Crippen LogP) is 1.87. The van der Waals surface area contributed by atoms with Crippen molar-refractivity contribution in [3.63, 3.8) is 0 Å². The van der Waals surface area contributed by atoms with Gasteiger partial charge in [-0.25, -0.2) is 5.84 Å². The third kappa shape index (κ3) is 3.09. The summed E-state index contributed by atoms with van der Waals surface area (Å²) in [6.45, 7) is 0.467. The fourth-order valence-electron chi connectivity index (χ4n) is 1.55. The van der Waals surface area contributed by atoms with E-state index in [1.165, 1.54) is 0 Å². The Hall–Kier alpha value is -2.33. The molecule has 0 radical (unpaired) electrons. The summed E-state index contributed by atoms with van der Waals surface area (Å²) in [5.41, 5.74) is 3.64. The normalized spacial score (nSPS) is 9.83. The zero-order chi connectivity index (χ0) is 12.8. The van der Waals surface area contributed by atoms with Gasteiger partial charge in [0.05, 0.1) is 0 Å². The molecule has 0 saturated carbocycles. The van der Waals surface area contributed by atoms with E-state index in [9.17, 15) is 4.79 Å². The van der Waals surface area contributed by atoms with Crippen molar-refractivity contribution in [3.05, 3.63) is 65.7 Å². The number of carbonyl (C=O) groups excluding carboxylic acids is 1. The van der Waals surface area contributed by atoms with E-state index in [0.717, 1.165) is 5.56 Å². The minimum Gasteiger partial charge on any atom is -0.489 e. The summed E-state index contributed by atoms with van der Waals surface area (Å²) in [4.78, 5) is 11.3. The number of carbonyl (C=O) groups is 1. The Bertz CT molecular complexity index is 526. The summed E-state index contributed by atoms with van der Waals surface area (Å²) in [6.07, 6.45) is 0. The molecule has 0 aliphatic heterocycles. The predicted molar refractivity (Wildman–Crippen MR) is 68.9 cm³/mol. The molecule has 0 fully saturated rings. The summed E-state index contributed by atoms with van der Waals surface area (Å²) in [5.74, 6) is 5.38. The maximum Gasteiger partial charge on any atom is 0.265 e. The van der Waals surface area contributed by atoms with Gasteiger partial charge < -0.3 is 4.74 Å². The van der Waals surface area contributed by atoms with Gasteiger partial charge in [0.15, 0.2) is 0 Å². The Morgan fingerprint density at radius 1 is 1.11 bits per heavy atom. The second-order valence-corrected chi connectivity index (χ2v) is 3.78. The average molecular weight is 242 g/mol. The van der Waals surface area contributed by atoms with E-state index in [-0.39, 0.29) is 5.91 Å². The van der Waals surface area contributed by atoms with Gasteiger partial charge in [0.2, 0.25) is 0 Å². The lowest BCUT2D eigenvalue weighted by Gasteiger charge is -2.07. The number of amides is 1. The number of nitrogen functional groups attached to an aromatic ring is 1. The SMILES string of the molecule is NNC(=O)c1cccc(OCc2ccccc2)c1. The summed E-state index contributed by atoms with van der Waals surface area (Å²) in [5, 5.41) is 0. The van der Waals surface area contributed by atoms with Crippen LogP contribution in [0, 0.1) is 0 Å². The Balaban J connectivity index is 2.04. The summed E-state index contributed by atoms with van der Waals surface area (Å²) in [7, 11) is 0. The van der Waals surface area contributed by atoms with Crippen molar-refractivity contribution in [2.24, 2.45) is 5.84 Å². The molecule has 0 atom stereocenters. The van der Waals surface area contributed by atoms with Crippen molar-refractivity contribution in [1.29, 1.82) is 0 Å². The zero-order valence-corrected chi connectivity index (χ0v) is 9.80. The lowest BCUT2D eigenvalue weighted by molar-refractivity contribution is 0.0953. The van der Waals surface area contributed by atoms with Crippen molar-refractivity contribution < 1.29 is 9.53 Å². The van der Waals surface area contributed by atoms with Gasteiger partial charge in [-0.2, -0.15) is 0 Å². The van der Waals surface area contributed by atoms with Gasteiger partial charge in [0, 0.05) is 5.56 Å². The molecule has 1 amide bonds. The average Bonchev–Trinajstić information content (AvgIpc) is 2.45. The topological polar surface area (TPSA) is 64.3 Å². The third-order valence-electron chi connectivity index (χ3n) is 2.48. The molecule has 18 heavy (non-hydrogen) atoms. The molecule has 2 rings (SSSR count). The third-order valence-corrected chi connectivity index (χ3v) is 2.48. The quantitative estimate of drug-likeness (QED) is 0.488. The highest BCUT2D eigenvalue weighted by Crippen LogP contribution is 2.15. The van der Waals surface area contributed by atoms with Crippen LogP contribution in [0.25, 0.3) is 0 Å². The van der Waals surface area contributed by atoms with Crippen LogP contribution in [0.2, 0.25) is 0 Å². The van der Waals surface area contributed by atoms with Crippen LogP contribution in [0.4, 0.5) is 0 Å². The van der Waals surface area contributed by atoms with Gasteiger partial charge in [0.25, 0.3) is 5.91 Å². The fraction of sp³-hybridized carbons (Fsp3) is 0.0714. The highest BCUT2D eigenvalue weighted by Gasteiger charge is 2.04. The molecule has 0 saturated heterocycles. The summed E-state index contributed by atoms with van der Waals surface area (Å²) >= 11 is 0. The first-order chi connectivity index (χ1) is 8.79. The largest absolute Gasteiger partial charge is 0.489 e. The zero-order valence-electron chi connectivity index (χ0n) is 9.80. The first-order valence-electron chi connectivity index (χ1n) is 5.57. The number of ether oxygens (including phenoxy) is 1. The van der Waals surface area contributed by atoms with Gasteiger partial charge in [-0.05, 0) is 23.8 Å². The first-order valence-corrected chi connectivity index (χ1v) is 5.57. The van der Waals surface area contributed by atoms with E-state index in [4.69, 9.17) is 10.6 Å². The van der Waals surface area contributed by atoms with Gasteiger partial charge in [-0.15, -0.1) is 0 Å². The highest BCUT2D eigenvalue weighted by atomic mass is 16.5. The highest BCUT2D eigenvalue weighted by molar-refractivity contribution is 5.94. The van der Waals surface area contributed by atoms with Crippen LogP contribution in [-0.2, 0) is 6.61 Å². The Morgan fingerprint density at radius 2 is 1.89 bits per heavy atom. The van der Waals surface area contributed by atoms with Crippen LogP contribution < -0.4 is 16.0 Å². The number of rotatable bonds is 4. The van der Waals surface area contributed by atoms with Crippen molar-refractivity contribution in [3.8, 4) is 5.75 Å². The van der Waals surface area contributed by atoms with E-state index in [2.05, 4.69) is 5.43 Å². The minimum atomic E-state index is -0.333. The minimum absolute atomic E-state index is 0.333. The summed E-state index contributed by atoms with van der Waals surface area (Å²) in [6, 6.07) is 16.7.